The zero-order valence-corrected chi connectivity index (χ0v) is 10.9. The van der Waals surface area contributed by atoms with Gasteiger partial charge in [-0.3, -0.25) is 9.88 Å². The molecule has 0 spiro atoms. The third-order valence-corrected chi connectivity index (χ3v) is 3.67. The monoisotopic (exact) mass is 287 g/mol. The van der Waals surface area contributed by atoms with Crippen LogP contribution in [0.4, 0.5) is 10.5 Å². The van der Waals surface area contributed by atoms with Crippen molar-refractivity contribution in [2.75, 3.05) is 24.7 Å². The van der Waals surface area contributed by atoms with Crippen LogP contribution >= 0.6 is 24.7 Å². The molecule has 0 radical (unpaired) electrons. The minimum Gasteiger partial charge on any atom is -0.305 e. The lowest BCUT2D eigenvalue weighted by atomic mass is 10.4. The number of amides is 2. The predicted octanol–water partition coefficient (Wildman–Crippen LogP) is 2.31. The van der Waals surface area contributed by atoms with E-state index in [0.29, 0.717) is 8.73 Å². The number of hydrogen-bond acceptors (Lipinski definition) is 2. The summed E-state index contributed by atoms with van der Waals surface area (Å²) in [5.74, 6) is 0. The summed E-state index contributed by atoms with van der Waals surface area (Å²) in [5, 5.41) is 0. The number of halogens is 1. The van der Waals surface area contributed by atoms with Crippen molar-refractivity contribution in [3.8, 4) is 0 Å². The Morgan fingerprint density at radius 2 is 2.27 bits per heavy atom. The molecule has 1 aliphatic rings. The van der Waals surface area contributed by atoms with Crippen LogP contribution in [0.1, 0.15) is 0 Å². The molecule has 15 heavy (non-hydrogen) atoms. The maximum Gasteiger partial charge on any atom is 0.327 e. The van der Waals surface area contributed by atoms with E-state index in [1.807, 2.05) is 17.4 Å². The van der Waals surface area contributed by atoms with E-state index in [0.717, 1.165) is 23.2 Å². The van der Waals surface area contributed by atoms with E-state index in [-0.39, 0.29) is 6.03 Å². The molecule has 0 aliphatic carbocycles. The normalized spacial score (nSPS) is 17.1. The second-order valence-electron chi connectivity index (χ2n) is 3.17. The summed E-state index contributed by atoms with van der Waals surface area (Å²) >= 11 is 3.35. The third kappa shape index (κ3) is 2.13. The summed E-state index contributed by atoms with van der Waals surface area (Å²) in [5.41, 5.74) is 0.857. The summed E-state index contributed by atoms with van der Waals surface area (Å²) in [7, 11) is 0.530. The highest BCUT2D eigenvalue weighted by Crippen LogP contribution is 2.26. The average Bonchev–Trinajstić information content (AvgIpc) is 2.59. The van der Waals surface area contributed by atoms with Crippen molar-refractivity contribution in [1.29, 1.82) is 0 Å². The fraction of sp³-hybridized carbons (Fsp3) is 0.333. The van der Waals surface area contributed by atoms with Crippen molar-refractivity contribution in [2.24, 2.45) is 0 Å². The van der Waals surface area contributed by atoms with E-state index in [2.05, 4.69) is 20.9 Å². The van der Waals surface area contributed by atoms with Gasteiger partial charge in [0.25, 0.3) is 0 Å². The lowest BCUT2D eigenvalue weighted by Crippen LogP contribution is -2.27. The van der Waals surface area contributed by atoms with Crippen molar-refractivity contribution >= 4 is 36.4 Å². The molecule has 0 saturated carbocycles. The van der Waals surface area contributed by atoms with Gasteiger partial charge < -0.3 is 4.67 Å². The van der Waals surface area contributed by atoms with Crippen molar-refractivity contribution in [3.05, 3.63) is 22.9 Å². The van der Waals surface area contributed by atoms with Gasteiger partial charge in [0.15, 0.2) is 0 Å². The standard InChI is InChI=1S/C9H11BrN3OP/c1-15-13-3-2-12(9(13)14)8-4-7(10)5-11-6-8/h4-6,15H,2-3H2,1H3. The number of aromatic nitrogens is 1. The molecule has 1 atom stereocenters. The molecule has 1 saturated heterocycles. The number of carbonyl (C=O) groups excluding carboxylic acids is 1. The number of carbonyl (C=O) groups is 1. The largest absolute Gasteiger partial charge is 0.327 e. The van der Waals surface area contributed by atoms with Crippen LogP contribution in [0.2, 0.25) is 0 Å². The average molecular weight is 288 g/mol. The zero-order valence-electron chi connectivity index (χ0n) is 8.27. The van der Waals surface area contributed by atoms with Gasteiger partial charge in [-0.1, -0.05) is 0 Å². The molecule has 6 heteroatoms. The third-order valence-electron chi connectivity index (χ3n) is 2.28. The molecule has 80 valence electrons. The van der Waals surface area contributed by atoms with Crippen molar-refractivity contribution in [2.45, 2.75) is 0 Å². The second-order valence-corrected chi connectivity index (χ2v) is 5.07. The number of hydrogen-bond donors (Lipinski definition) is 0. The van der Waals surface area contributed by atoms with Crippen LogP contribution in [0.15, 0.2) is 22.9 Å². The maximum absolute atomic E-state index is 11.9. The predicted molar refractivity (Wildman–Crippen MR) is 65.6 cm³/mol. The molecule has 0 N–H and O–H groups in total. The van der Waals surface area contributed by atoms with E-state index >= 15 is 0 Å². The topological polar surface area (TPSA) is 36.4 Å². The number of urea groups is 1. The summed E-state index contributed by atoms with van der Waals surface area (Å²) in [6.45, 7) is 3.57. The molecule has 2 rings (SSSR count). The molecule has 1 aliphatic heterocycles. The summed E-state index contributed by atoms with van der Waals surface area (Å²) < 4.78 is 2.74. The number of nitrogens with zero attached hydrogens (tertiary/aromatic N) is 3. The molecule has 1 aromatic rings. The lowest BCUT2D eigenvalue weighted by molar-refractivity contribution is 0.241. The van der Waals surface area contributed by atoms with Gasteiger partial charge in [0.05, 0.1) is 11.9 Å². The van der Waals surface area contributed by atoms with Crippen LogP contribution in [0, 0.1) is 0 Å². The van der Waals surface area contributed by atoms with Crippen molar-refractivity contribution < 1.29 is 4.79 Å². The van der Waals surface area contributed by atoms with Crippen LogP contribution in [0.3, 0.4) is 0 Å². The summed E-state index contributed by atoms with van der Waals surface area (Å²) in [4.78, 5) is 17.7. The summed E-state index contributed by atoms with van der Waals surface area (Å²) in [6.07, 6.45) is 3.42. The molecule has 1 fully saturated rings. The highest BCUT2D eigenvalue weighted by atomic mass is 79.9. The second kappa shape index (κ2) is 4.45. The molecule has 2 amide bonds. The molecule has 0 aromatic carbocycles. The Hall–Kier alpha value is -0.670. The van der Waals surface area contributed by atoms with E-state index in [1.165, 1.54) is 0 Å². The molecular weight excluding hydrogens is 277 g/mol. The van der Waals surface area contributed by atoms with Crippen molar-refractivity contribution in [3.63, 3.8) is 0 Å². The Bertz CT molecular complexity index is 387. The molecule has 4 nitrogen and oxygen atoms in total. The van der Waals surface area contributed by atoms with Gasteiger partial charge in [-0.2, -0.15) is 0 Å². The molecule has 1 unspecified atom stereocenters. The fourth-order valence-corrected chi connectivity index (χ4v) is 2.52. The van der Waals surface area contributed by atoms with E-state index < -0.39 is 0 Å². The molecule has 1 aromatic heterocycles. The van der Waals surface area contributed by atoms with Gasteiger partial charge in [0.1, 0.15) is 0 Å². The van der Waals surface area contributed by atoms with Gasteiger partial charge in [-0.15, -0.1) is 0 Å². The number of pyridine rings is 1. The number of anilines is 1. The highest BCUT2D eigenvalue weighted by Gasteiger charge is 2.28. The lowest BCUT2D eigenvalue weighted by Gasteiger charge is -2.16. The molecular formula is C9H11BrN3OP. The van der Waals surface area contributed by atoms with Gasteiger partial charge in [-0.25, -0.2) is 4.79 Å². The van der Waals surface area contributed by atoms with Crippen LogP contribution in [-0.4, -0.2) is 35.4 Å². The Balaban J connectivity index is 2.22. The van der Waals surface area contributed by atoms with Gasteiger partial charge in [0, 0.05) is 23.8 Å². The first-order valence-electron chi connectivity index (χ1n) is 4.59. The Labute approximate surface area is 98.6 Å². The van der Waals surface area contributed by atoms with Crippen LogP contribution in [0.5, 0.6) is 0 Å². The van der Waals surface area contributed by atoms with Gasteiger partial charge >= 0.3 is 6.03 Å². The van der Waals surface area contributed by atoms with Gasteiger partial charge in [0.2, 0.25) is 0 Å². The first kappa shape index (κ1) is 10.8. The Kier molecular flexibility index (Phi) is 3.22. The van der Waals surface area contributed by atoms with Crippen LogP contribution in [-0.2, 0) is 0 Å². The minimum absolute atomic E-state index is 0.0794. The van der Waals surface area contributed by atoms with Crippen molar-refractivity contribution in [1.82, 2.24) is 9.65 Å². The summed E-state index contributed by atoms with van der Waals surface area (Å²) in [6, 6.07) is 1.99. The highest BCUT2D eigenvalue weighted by molar-refractivity contribution is 9.10. The van der Waals surface area contributed by atoms with E-state index in [9.17, 15) is 4.79 Å². The van der Waals surface area contributed by atoms with Crippen LogP contribution < -0.4 is 4.90 Å². The molecule has 0 bridgehead atoms. The fourth-order valence-electron chi connectivity index (χ4n) is 1.53. The quantitative estimate of drug-likeness (QED) is 0.783. The van der Waals surface area contributed by atoms with Crippen LogP contribution in [0.25, 0.3) is 0 Å². The van der Waals surface area contributed by atoms with E-state index in [4.69, 9.17) is 0 Å². The first-order chi connectivity index (χ1) is 7.22. The number of rotatable bonds is 2. The van der Waals surface area contributed by atoms with E-state index in [1.54, 1.807) is 17.3 Å². The first-order valence-corrected chi connectivity index (χ1v) is 6.83. The Morgan fingerprint density at radius 3 is 2.87 bits per heavy atom. The maximum atomic E-state index is 11.9. The molecule has 2 heterocycles. The smallest absolute Gasteiger partial charge is 0.305 e. The Morgan fingerprint density at radius 1 is 1.47 bits per heavy atom. The zero-order chi connectivity index (χ0) is 10.8. The SMILES string of the molecule is CPN1CCN(c2cncc(Br)c2)C1=O. The van der Waals surface area contributed by atoms with Gasteiger partial charge in [-0.05, 0) is 37.4 Å². The minimum atomic E-state index is 0.0794.